The molecule has 0 fully saturated rings. The molecule has 104 valence electrons. The Morgan fingerprint density at radius 1 is 1.39 bits per heavy atom. The fourth-order valence-electron chi connectivity index (χ4n) is 2.07. The predicted octanol–water partition coefficient (Wildman–Crippen LogP) is 2.23. The third-order valence-corrected chi connectivity index (χ3v) is 5.70. The largest absolute Gasteiger partial charge is 0.326 e. The zero-order chi connectivity index (χ0) is 13.9. The lowest BCUT2D eigenvalue weighted by molar-refractivity contribution is 0.482. The smallest absolute Gasteiger partial charge is 0.242 e. The molecule has 0 aliphatic rings. The van der Waals surface area contributed by atoms with Crippen LogP contribution >= 0.6 is 11.3 Å². The molecule has 3 N–H and O–H groups in total. The monoisotopic (exact) mass is 290 g/mol. The van der Waals surface area contributed by atoms with Crippen molar-refractivity contribution in [2.24, 2.45) is 11.7 Å². The van der Waals surface area contributed by atoms with E-state index in [0.717, 1.165) is 16.9 Å². The first kappa shape index (κ1) is 15.6. The van der Waals surface area contributed by atoms with Crippen LogP contribution in [-0.4, -0.2) is 14.5 Å². The Balaban J connectivity index is 2.96. The van der Waals surface area contributed by atoms with Crippen molar-refractivity contribution < 1.29 is 8.42 Å². The molecular formula is C12H22N2O2S2. The second kappa shape index (κ2) is 6.14. The van der Waals surface area contributed by atoms with E-state index in [0.29, 0.717) is 10.8 Å². The second-order valence-corrected chi connectivity index (χ2v) is 7.64. The lowest BCUT2D eigenvalue weighted by Gasteiger charge is -2.16. The topological polar surface area (TPSA) is 72.2 Å². The summed E-state index contributed by atoms with van der Waals surface area (Å²) in [4.78, 5) is 1.09. The maximum atomic E-state index is 12.3. The molecule has 6 heteroatoms. The van der Waals surface area contributed by atoms with Crippen molar-refractivity contribution in [1.82, 2.24) is 4.72 Å². The highest BCUT2D eigenvalue weighted by Crippen LogP contribution is 2.26. The van der Waals surface area contributed by atoms with Gasteiger partial charge in [0, 0.05) is 17.5 Å². The van der Waals surface area contributed by atoms with Crippen molar-refractivity contribution >= 4 is 21.4 Å². The molecule has 0 amide bonds. The molecule has 0 spiro atoms. The van der Waals surface area contributed by atoms with Crippen molar-refractivity contribution in [3.8, 4) is 0 Å². The highest BCUT2D eigenvalue weighted by Gasteiger charge is 2.24. The molecule has 1 atom stereocenters. The summed E-state index contributed by atoms with van der Waals surface area (Å²) in [5.41, 5.74) is 6.36. The molecule has 4 nitrogen and oxygen atoms in total. The minimum Gasteiger partial charge on any atom is -0.326 e. The molecular weight excluding hydrogens is 268 g/mol. The van der Waals surface area contributed by atoms with Gasteiger partial charge >= 0.3 is 0 Å². The maximum Gasteiger partial charge on any atom is 0.242 e. The molecule has 1 rings (SSSR count). The molecule has 1 heterocycles. The zero-order valence-electron chi connectivity index (χ0n) is 11.4. The number of hydrogen-bond acceptors (Lipinski definition) is 4. The van der Waals surface area contributed by atoms with Gasteiger partial charge < -0.3 is 5.73 Å². The summed E-state index contributed by atoms with van der Waals surface area (Å²) in [6, 6.07) is -0.0695. The SMILES string of the molecule is Cc1csc(CN)c1S(=O)(=O)NC(C)CC(C)C. The highest BCUT2D eigenvalue weighted by atomic mass is 32.2. The van der Waals surface area contributed by atoms with Gasteiger partial charge in [0.2, 0.25) is 10.0 Å². The Morgan fingerprint density at radius 3 is 2.50 bits per heavy atom. The average molecular weight is 290 g/mol. The Labute approximate surface area is 114 Å². The van der Waals surface area contributed by atoms with Gasteiger partial charge in [0.25, 0.3) is 0 Å². The quantitative estimate of drug-likeness (QED) is 0.844. The molecule has 0 aliphatic carbocycles. The van der Waals surface area contributed by atoms with Gasteiger partial charge in [-0.05, 0) is 37.1 Å². The van der Waals surface area contributed by atoms with Crippen molar-refractivity contribution in [2.45, 2.75) is 51.6 Å². The van der Waals surface area contributed by atoms with Crippen molar-refractivity contribution in [3.05, 3.63) is 15.8 Å². The molecule has 0 aliphatic heterocycles. The van der Waals surface area contributed by atoms with E-state index in [1.54, 1.807) is 6.92 Å². The van der Waals surface area contributed by atoms with Gasteiger partial charge in [0.05, 0.1) is 0 Å². The number of nitrogens with two attached hydrogens (primary N) is 1. The van der Waals surface area contributed by atoms with Crippen molar-refractivity contribution in [1.29, 1.82) is 0 Å². The molecule has 1 aromatic rings. The van der Waals surface area contributed by atoms with Gasteiger partial charge in [-0.3, -0.25) is 0 Å². The Bertz CT molecular complexity index is 492. The van der Waals surface area contributed by atoms with Gasteiger partial charge in [-0.1, -0.05) is 13.8 Å². The van der Waals surface area contributed by atoms with E-state index in [1.807, 2.05) is 12.3 Å². The molecule has 1 unspecified atom stereocenters. The van der Waals surface area contributed by atoms with E-state index in [2.05, 4.69) is 18.6 Å². The lowest BCUT2D eigenvalue weighted by atomic mass is 10.1. The van der Waals surface area contributed by atoms with E-state index >= 15 is 0 Å². The first-order valence-electron chi connectivity index (χ1n) is 6.07. The van der Waals surface area contributed by atoms with Gasteiger partial charge in [-0.2, -0.15) is 0 Å². The third-order valence-electron chi connectivity index (χ3n) is 2.62. The predicted molar refractivity (Wildman–Crippen MR) is 76.2 cm³/mol. The van der Waals surface area contributed by atoms with Crippen LogP contribution in [-0.2, 0) is 16.6 Å². The summed E-state index contributed by atoms with van der Waals surface area (Å²) in [6.45, 7) is 8.10. The number of aryl methyl sites for hydroxylation is 1. The fraction of sp³-hybridized carbons (Fsp3) is 0.667. The van der Waals surface area contributed by atoms with Crippen LogP contribution in [0.15, 0.2) is 10.3 Å². The van der Waals surface area contributed by atoms with Crippen LogP contribution in [0.25, 0.3) is 0 Å². The van der Waals surface area contributed by atoms with Crippen LogP contribution in [0.5, 0.6) is 0 Å². The van der Waals surface area contributed by atoms with Crippen molar-refractivity contribution in [2.75, 3.05) is 0 Å². The number of hydrogen-bond donors (Lipinski definition) is 2. The van der Waals surface area contributed by atoms with Crippen LogP contribution in [0, 0.1) is 12.8 Å². The Kier molecular flexibility index (Phi) is 5.33. The van der Waals surface area contributed by atoms with Gasteiger partial charge in [0.1, 0.15) is 4.90 Å². The van der Waals surface area contributed by atoms with Gasteiger partial charge in [-0.25, -0.2) is 13.1 Å². The van der Waals surface area contributed by atoms with E-state index < -0.39 is 10.0 Å². The van der Waals surface area contributed by atoms with Gasteiger partial charge in [-0.15, -0.1) is 11.3 Å². The average Bonchev–Trinajstić information content (AvgIpc) is 2.57. The summed E-state index contributed by atoms with van der Waals surface area (Å²) in [5.74, 6) is 0.459. The normalized spacial score (nSPS) is 14.1. The van der Waals surface area contributed by atoms with E-state index in [4.69, 9.17) is 5.73 Å². The Hall–Kier alpha value is -0.430. The number of nitrogens with one attached hydrogen (secondary N) is 1. The van der Waals surface area contributed by atoms with Crippen LogP contribution in [0.4, 0.5) is 0 Å². The minimum atomic E-state index is -3.45. The number of sulfonamides is 1. The Morgan fingerprint density at radius 2 is 2.00 bits per heavy atom. The molecule has 0 radical (unpaired) electrons. The number of thiophene rings is 1. The van der Waals surface area contributed by atoms with Gasteiger partial charge in [0.15, 0.2) is 0 Å². The summed E-state index contributed by atoms with van der Waals surface area (Å²) >= 11 is 1.40. The molecule has 18 heavy (non-hydrogen) atoms. The molecule has 0 saturated carbocycles. The zero-order valence-corrected chi connectivity index (χ0v) is 13.0. The van der Waals surface area contributed by atoms with Crippen LogP contribution < -0.4 is 10.5 Å². The lowest BCUT2D eigenvalue weighted by Crippen LogP contribution is -2.34. The van der Waals surface area contributed by atoms with E-state index in [-0.39, 0.29) is 12.6 Å². The number of rotatable bonds is 6. The van der Waals surface area contributed by atoms with Crippen LogP contribution in [0.2, 0.25) is 0 Å². The third kappa shape index (κ3) is 3.78. The van der Waals surface area contributed by atoms with Crippen molar-refractivity contribution in [3.63, 3.8) is 0 Å². The highest BCUT2D eigenvalue weighted by molar-refractivity contribution is 7.89. The maximum absolute atomic E-state index is 12.3. The summed E-state index contributed by atoms with van der Waals surface area (Å²) in [5, 5.41) is 1.84. The minimum absolute atomic E-state index is 0.0695. The van der Waals surface area contributed by atoms with E-state index in [1.165, 1.54) is 11.3 Å². The summed E-state index contributed by atoms with van der Waals surface area (Å²) in [7, 11) is -3.45. The molecule has 0 bridgehead atoms. The molecule has 0 aromatic carbocycles. The standard InChI is InChI=1S/C12H22N2O2S2/c1-8(2)5-10(4)14-18(15,16)12-9(3)7-17-11(12)6-13/h7-8,10,14H,5-6,13H2,1-4H3. The first-order valence-corrected chi connectivity index (χ1v) is 8.43. The van der Waals surface area contributed by atoms with Crippen LogP contribution in [0.1, 0.15) is 37.6 Å². The fourth-order valence-corrected chi connectivity index (χ4v) is 5.03. The summed E-state index contributed by atoms with van der Waals surface area (Å²) < 4.78 is 27.4. The molecule has 0 saturated heterocycles. The molecule has 1 aromatic heterocycles. The van der Waals surface area contributed by atoms with Crippen LogP contribution in [0.3, 0.4) is 0 Å². The second-order valence-electron chi connectivity index (χ2n) is 5.03. The first-order chi connectivity index (χ1) is 8.27. The summed E-state index contributed by atoms with van der Waals surface area (Å²) in [6.07, 6.45) is 0.820. The van der Waals surface area contributed by atoms with E-state index in [9.17, 15) is 8.42 Å².